The number of benzene rings is 3. The number of carbonyl (C=O) groups is 2. The van der Waals surface area contributed by atoms with Gasteiger partial charge in [0.05, 0.1) is 0 Å². The zero-order valence-corrected chi connectivity index (χ0v) is 17.8. The SMILES string of the molecule is CN(C)CCCc1cc(C(=O)Nc2ccc(-c3ccc(C(N)=O)cc3)cc2)ccc1O. The number of nitrogens with two attached hydrogens (primary N) is 1. The molecule has 160 valence electrons. The Bertz CT molecular complexity index is 1060. The van der Waals surface area contributed by atoms with Crippen LogP contribution in [0.2, 0.25) is 0 Å². The fourth-order valence-electron chi connectivity index (χ4n) is 3.29. The molecule has 0 atom stereocenters. The first-order chi connectivity index (χ1) is 14.8. The van der Waals surface area contributed by atoms with Gasteiger partial charge in [-0.3, -0.25) is 9.59 Å². The molecule has 0 spiro atoms. The maximum absolute atomic E-state index is 12.7. The number of phenols is 1. The Balaban J connectivity index is 1.67. The number of nitrogens with one attached hydrogen (secondary N) is 1. The lowest BCUT2D eigenvalue weighted by molar-refractivity contribution is 0.0997. The van der Waals surface area contributed by atoms with E-state index in [1.165, 1.54) is 0 Å². The molecule has 0 bridgehead atoms. The van der Waals surface area contributed by atoms with Gasteiger partial charge in [-0.25, -0.2) is 0 Å². The van der Waals surface area contributed by atoms with Crippen LogP contribution in [0.15, 0.2) is 66.7 Å². The van der Waals surface area contributed by atoms with E-state index in [1.807, 2.05) is 50.5 Å². The molecule has 3 aromatic carbocycles. The van der Waals surface area contributed by atoms with Crippen LogP contribution in [0.3, 0.4) is 0 Å². The van der Waals surface area contributed by atoms with E-state index in [0.29, 0.717) is 23.2 Å². The molecule has 3 aromatic rings. The van der Waals surface area contributed by atoms with Crippen LogP contribution < -0.4 is 11.1 Å². The largest absolute Gasteiger partial charge is 0.508 e. The maximum atomic E-state index is 12.7. The lowest BCUT2D eigenvalue weighted by Gasteiger charge is -2.11. The molecule has 0 radical (unpaired) electrons. The van der Waals surface area contributed by atoms with Crippen molar-refractivity contribution in [2.24, 2.45) is 5.73 Å². The predicted molar refractivity (Wildman–Crippen MR) is 123 cm³/mol. The summed E-state index contributed by atoms with van der Waals surface area (Å²) in [7, 11) is 4.01. The second-order valence-corrected chi connectivity index (χ2v) is 7.72. The number of carbonyl (C=O) groups excluding carboxylic acids is 2. The second kappa shape index (κ2) is 9.91. The highest BCUT2D eigenvalue weighted by molar-refractivity contribution is 6.04. The van der Waals surface area contributed by atoms with Gasteiger partial charge < -0.3 is 21.1 Å². The number of amides is 2. The Kier molecular flexibility index (Phi) is 7.05. The van der Waals surface area contributed by atoms with E-state index in [4.69, 9.17) is 5.73 Å². The summed E-state index contributed by atoms with van der Waals surface area (Å²) in [4.78, 5) is 26.0. The Morgan fingerprint density at radius 3 is 2.06 bits per heavy atom. The topological polar surface area (TPSA) is 95.7 Å². The van der Waals surface area contributed by atoms with Crippen LogP contribution >= 0.6 is 0 Å². The van der Waals surface area contributed by atoms with Crippen molar-refractivity contribution in [3.63, 3.8) is 0 Å². The summed E-state index contributed by atoms with van der Waals surface area (Å²) in [5, 5.41) is 13.0. The quantitative estimate of drug-likeness (QED) is 0.518. The smallest absolute Gasteiger partial charge is 0.255 e. The standard InChI is InChI=1S/C25H27N3O3/c1-28(2)15-3-4-20-16-21(11-14-23(20)29)25(31)27-22-12-9-18(10-13-22)17-5-7-19(8-6-17)24(26)30/h5-14,16,29H,3-4,15H2,1-2H3,(H2,26,30)(H,27,31). The lowest BCUT2D eigenvalue weighted by atomic mass is 10.0. The molecule has 0 saturated heterocycles. The van der Waals surface area contributed by atoms with E-state index in [9.17, 15) is 14.7 Å². The van der Waals surface area contributed by atoms with E-state index < -0.39 is 5.91 Å². The van der Waals surface area contributed by atoms with Crippen LogP contribution in [0, 0.1) is 0 Å². The number of rotatable bonds is 8. The predicted octanol–water partition coefficient (Wildman–Crippen LogP) is 3.90. The van der Waals surface area contributed by atoms with Crippen LogP contribution in [-0.2, 0) is 6.42 Å². The van der Waals surface area contributed by atoms with Crippen molar-refractivity contribution < 1.29 is 14.7 Å². The van der Waals surface area contributed by atoms with Crippen molar-refractivity contribution in [2.45, 2.75) is 12.8 Å². The third-order valence-electron chi connectivity index (χ3n) is 5.04. The summed E-state index contributed by atoms with van der Waals surface area (Å²) in [6, 6.07) is 19.4. The van der Waals surface area contributed by atoms with Crippen molar-refractivity contribution in [2.75, 3.05) is 26.0 Å². The molecule has 0 aliphatic heterocycles. The highest BCUT2D eigenvalue weighted by Gasteiger charge is 2.10. The molecule has 2 amide bonds. The number of nitrogens with zero attached hydrogens (tertiary/aromatic N) is 1. The van der Waals surface area contributed by atoms with E-state index in [-0.39, 0.29) is 11.7 Å². The lowest BCUT2D eigenvalue weighted by Crippen LogP contribution is -2.14. The van der Waals surface area contributed by atoms with Gasteiger partial charge in [-0.15, -0.1) is 0 Å². The van der Waals surface area contributed by atoms with Gasteiger partial charge in [-0.2, -0.15) is 0 Å². The Labute approximate surface area is 182 Å². The molecule has 0 heterocycles. The van der Waals surface area contributed by atoms with E-state index in [2.05, 4.69) is 10.2 Å². The fourth-order valence-corrected chi connectivity index (χ4v) is 3.29. The van der Waals surface area contributed by atoms with Gasteiger partial charge in [0.15, 0.2) is 0 Å². The normalized spacial score (nSPS) is 10.8. The monoisotopic (exact) mass is 417 g/mol. The number of aromatic hydroxyl groups is 1. The molecule has 0 aromatic heterocycles. The summed E-state index contributed by atoms with van der Waals surface area (Å²) in [6.45, 7) is 0.910. The van der Waals surface area contributed by atoms with Gasteiger partial charge in [0.1, 0.15) is 5.75 Å². The molecular weight excluding hydrogens is 390 g/mol. The van der Waals surface area contributed by atoms with Gasteiger partial charge in [0.25, 0.3) is 5.91 Å². The number of hydrogen-bond donors (Lipinski definition) is 3. The molecule has 4 N–H and O–H groups in total. The van der Waals surface area contributed by atoms with Crippen LogP contribution in [0.4, 0.5) is 5.69 Å². The number of aryl methyl sites for hydroxylation is 1. The van der Waals surface area contributed by atoms with Crippen molar-refractivity contribution in [1.29, 1.82) is 0 Å². The molecule has 0 fully saturated rings. The van der Waals surface area contributed by atoms with E-state index >= 15 is 0 Å². The molecule has 6 heteroatoms. The Hall–Kier alpha value is -3.64. The fraction of sp³-hybridized carbons (Fsp3) is 0.200. The average molecular weight is 418 g/mol. The number of primary amides is 1. The zero-order valence-electron chi connectivity index (χ0n) is 17.8. The van der Waals surface area contributed by atoms with E-state index in [0.717, 1.165) is 29.7 Å². The number of phenolic OH excluding ortho intramolecular Hbond substituents is 1. The Morgan fingerprint density at radius 1 is 0.903 bits per heavy atom. The molecule has 6 nitrogen and oxygen atoms in total. The molecule has 0 saturated carbocycles. The molecular formula is C25H27N3O3. The Morgan fingerprint density at radius 2 is 1.48 bits per heavy atom. The van der Waals surface area contributed by atoms with Crippen molar-refractivity contribution in [3.05, 3.63) is 83.4 Å². The molecule has 0 unspecified atom stereocenters. The molecule has 0 aliphatic carbocycles. The first-order valence-electron chi connectivity index (χ1n) is 10.1. The van der Waals surface area contributed by atoms with Gasteiger partial charge in [-0.1, -0.05) is 24.3 Å². The molecule has 0 aliphatic rings. The van der Waals surface area contributed by atoms with Crippen molar-refractivity contribution in [3.8, 4) is 16.9 Å². The third-order valence-corrected chi connectivity index (χ3v) is 5.04. The molecule has 3 rings (SSSR count). The van der Waals surface area contributed by atoms with Gasteiger partial charge in [-0.05, 0) is 92.6 Å². The van der Waals surface area contributed by atoms with Crippen molar-refractivity contribution >= 4 is 17.5 Å². The summed E-state index contributed by atoms with van der Waals surface area (Å²) < 4.78 is 0. The van der Waals surface area contributed by atoms with Gasteiger partial charge in [0.2, 0.25) is 5.91 Å². The minimum Gasteiger partial charge on any atom is -0.508 e. The summed E-state index contributed by atoms with van der Waals surface area (Å²) in [5.74, 6) is -0.478. The summed E-state index contributed by atoms with van der Waals surface area (Å²) in [6.07, 6.45) is 1.60. The second-order valence-electron chi connectivity index (χ2n) is 7.72. The highest BCUT2D eigenvalue weighted by Crippen LogP contribution is 2.24. The summed E-state index contributed by atoms with van der Waals surface area (Å²) in [5.41, 5.74) is 9.59. The van der Waals surface area contributed by atoms with Gasteiger partial charge >= 0.3 is 0 Å². The minimum atomic E-state index is -0.459. The minimum absolute atomic E-state index is 0.210. The van der Waals surface area contributed by atoms with Crippen molar-refractivity contribution in [1.82, 2.24) is 4.90 Å². The third kappa shape index (κ3) is 5.93. The zero-order chi connectivity index (χ0) is 22.4. The summed E-state index contributed by atoms with van der Waals surface area (Å²) >= 11 is 0. The van der Waals surface area contributed by atoms with Crippen LogP contribution in [0.5, 0.6) is 5.75 Å². The first-order valence-corrected chi connectivity index (χ1v) is 10.1. The average Bonchev–Trinajstić information content (AvgIpc) is 2.75. The number of anilines is 1. The van der Waals surface area contributed by atoms with Crippen LogP contribution in [0.25, 0.3) is 11.1 Å². The highest BCUT2D eigenvalue weighted by atomic mass is 16.3. The number of hydrogen-bond acceptors (Lipinski definition) is 4. The molecule has 31 heavy (non-hydrogen) atoms. The van der Waals surface area contributed by atoms with E-state index in [1.54, 1.807) is 30.3 Å². The maximum Gasteiger partial charge on any atom is 0.255 e. The first kappa shape index (κ1) is 22.1. The van der Waals surface area contributed by atoms with Gasteiger partial charge in [0, 0.05) is 16.8 Å². The van der Waals surface area contributed by atoms with Crippen LogP contribution in [0.1, 0.15) is 32.7 Å². The van der Waals surface area contributed by atoms with Crippen LogP contribution in [-0.4, -0.2) is 42.5 Å².